The van der Waals surface area contributed by atoms with E-state index in [4.69, 9.17) is 0 Å². The lowest BCUT2D eigenvalue weighted by molar-refractivity contribution is 0.0956. The molecule has 0 spiro atoms. The van der Waals surface area contributed by atoms with Gasteiger partial charge in [-0.2, -0.15) is 11.8 Å². The maximum absolute atomic E-state index is 13.4. The highest BCUT2D eigenvalue weighted by molar-refractivity contribution is 14.1. The summed E-state index contributed by atoms with van der Waals surface area (Å²) in [5.74, 6) is 1.13. The predicted molar refractivity (Wildman–Crippen MR) is 94.1 cm³/mol. The van der Waals surface area contributed by atoms with Crippen molar-refractivity contribution in [1.82, 2.24) is 5.32 Å². The lowest BCUT2D eigenvalue weighted by atomic mass is 10.2. The molecule has 2 rings (SSSR count). The van der Waals surface area contributed by atoms with E-state index in [2.05, 4.69) is 27.9 Å². The Morgan fingerprint density at radius 2 is 1.86 bits per heavy atom. The van der Waals surface area contributed by atoms with Gasteiger partial charge in [-0.15, -0.1) is 0 Å². The molecule has 0 bridgehead atoms. The highest BCUT2D eigenvalue weighted by atomic mass is 127. The minimum Gasteiger partial charge on any atom is -0.351 e. The predicted octanol–water partition coefficient (Wildman–Crippen LogP) is 4.09. The minimum atomic E-state index is -0.173. The summed E-state index contributed by atoms with van der Waals surface area (Å²) < 4.78 is 14.5. The van der Waals surface area contributed by atoms with Crippen LogP contribution in [-0.4, -0.2) is 18.2 Å². The van der Waals surface area contributed by atoms with Crippen LogP contribution in [-0.2, 0) is 5.75 Å². The number of amides is 1. The van der Waals surface area contributed by atoms with Gasteiger partial charge in [-0.25, -0.2) is 4.39 Å². The van der Waals surface area contributed by atoms with Gasteiger partial charge in [0.05, 0.1) is 0 Å². The SMILES string of the molecule is O=C(NCCSCc1ccccc1F)c1ccc(I)cc1. The van der Waals surface area contributed by atoms with Crippen LogP contribution in [0.25, 0.3) is 0 Å². The van der Waals surface area contributed by atoms with Crippen LogP contribution in [0.2, 0.25) is 0 Å². The smallest absolute Gasteiger partial charge is 0.251 e. The zero-order chi connectivity index (χ0) is 15.1. The Labute approximate surface area is 141 Å². The largest absolute Gasteiger partial charge is 0.351 e. The van der Waals surface area contributed by atoms with E-state index in [1.807, 2.05) is 30.3 Å². The van der Waals surface area contributed by atoms with Crippen LogP contribution in [0.3, 0.4) is 0 Å². The Hall–Kier alpha value is -1.08. The molecule has 5 heteroatoms. The fourth-order valence-electron chi connectivity index (χ4n) is 1.74. The van der Waals surface area contributed by atoms with Crippen LogP contribution in [0.1, 0.15) is 15.9 Å². The molecular weight excluding hydrogens is 400 g/mol. The number of hydrogen-bond donors (Lipinski definition) is 1. The number of thioether (sulfide) groups is 1. The van der Waals surface area contributed by atoms with Gasteiger partial charge in [0.15, 0.2) is 0 Å². The van der Waals surface area contributed by atoms with Crippen molar-refractivity contribution in [3.05, 3.63) is 69.0 Å². The molecule has 2 aromatic rings. The van der Waals surface area contributed by atoms with Gasteiger partial charge in [-0.1, -0.05) is 18.2 Å². The van der Waals surface area contributed by atoms with Gasteiger partial charge in [0, 0.05) is 27.2 Å². The molecule has 0 saturated carbocycles. The van der Waals surface area contributed by atoms with Gasteiger partial charge >= 0.3 is 0 Å². The fourth-order valence-corrected chi connectivity index (χ4v) is 2.94. The molecule has 110 valence electrons. The van der Waals surface area contributed by atoms with Crippen molar-refractivity contribution in [2.24, 2.45) is 0 Å². The van der Waals surface area contributed by atoms with Gasteiger partial charge in [-0.05, 0) is 58.5 Å². The molecule has 0 unspecified atom stereocenters. The second-order valence-corrected chi connectivity index (χ2v) is 6.76. The second-order valence-electron chi connectivity index (χ2n) is 4.41. The van der Waals surface area contributed by atoms with Gasteiger partial charge in [-0.3, -0.25) is 4.79 Å². The number of benzene rings is 2. The second kappa shape index (κ2) is 8.38. The molecule has 0 heterocycles. The molecule has 0 aliphatic carbocycles. The fraction of sp³-hybridized carbons (Fsp3) is 0.188. The highest BCUT2D eigenvalue weighted by Gasteiger charge is 2.04. The number of carbonyl (C=O) groups is 1. The summed E-state index contributed by atoms with van der Waals surface area (Å²) >= 11 is 3.81. The van der Waals surface area contributed by atoms with Gasteiger partial charge in [0.1, 0.15) is 5.82 Å². The minimum absolute atomic E-state index is 0.0714. The van der Waals surface area contributed by atoms with Gasteiger partial charge in [0.2, 0.25) is 0 Å². The lowest BCUT2D eigenvalue weighted by Crippen LogP contribution is -2.25. The van der Waals surface area contributed by atoms with E-state index in [0.717, 1.165) is 9.32 Å². The first-order valence-corrected chi connectivity index (χ1v) is 8.75. The normalized spacial score (nSPS) is 10.4. The van der Waals surface area contributed by atoms with Crippen molar-refractivity contribution in [3.8, 4) is 0 Å². The molecule has 2 aromatic carbocycles. The van der Waals surface area contributed by atoms with Crippen LogP contribution >= 0.6 is 34.4 Å². The standard InChI is InChI=1S/C16H15FINOS/c17-15-4-2-1-3-13(15)11-21-10-9-19-16(20)12-5-7-14(18)8-6-12/h1-8H,9-11H2,(H,19,20). The van der Waals surface area contributed by atoms with E-state index >= 15 is 0 Å². The van der Waals surface area contributed by atoms with Crippen molar-refractivity contribution in [1.29, 1.82) is 0 Å². The maximum atomic E-state index is 13.4. The monoisotopic (exact) mass is 415 g/mol. The third kappa shape index (κ3) is 5.32. The zero-order valence-corrected chi connectivity index (χ0v) is 14.3. The molecular formula is C16H15FINOS. The van der Waals surface area contributed by atoms with Crippen LogP contribution in [0.4, 0.5) is 4.39 Å². The molecule has 0 aromatic heterocycles. The summed E-state index contributed by atoms with van der Waals surface area (Å²) in [5, 5.41) is 2.86. The van der Waals surface area contributed by atoms with Gasteiger partial charge in [0.25, 0.3) is 5.91 Å². The van der Waals surface area contributed by atoms with Crippen LogP contribution in [0, 0.1) is 9.39 Å². The Bertz CT molecular complexity index is 603. The van der Waals surface area contributed by atoms with E-state index in [0.29, 0.717) is 23.4 Å². The number of carbonyl (C=O) groups excluding carboxylic acids is 1. The van der Waals surface area contributed by atoms with Crippen molar-refractivity contribution in [2.45, 2.75) is 5.75 Å². The van der Waals surface area contributed by atoms with Crippen molar-refractivity contribution in [3.63, 3.8) is 0 Å². The lowest BCUT2D eigenvalue weighted by Gasteiger charge is -2.06. The maximum Gasteiger partial charge on any atom is 0.251 e. The van der Waals surface area contributed by atoms with E-state index < -0.39 is 0 Å². The Morgan fingerprint density at radius 1 is 1.14 bits per heavy atom. The first-order chi connectivity index (χ1) is 10.2. The first-order valence-electron chi connectivity index (χ1n) is 6.52. The molecule has 1 N–H and O–H groups in total. The Morgan fingerprint density at radius 3 is 2.57 bits per heavy atom. The number of halogens is 2. The van der Waals surface area contributed by atoms with Crippen LogP contribution in [0.15, 0.2) is 48.5 Å². The molecule has 1 amide bonds. The topological polar surface area (TPSA) is 29.1 Å². The summed E-state index contributed by atoms with van der Waals surface area (Å²) in [4.78, 5) is 11.9. The number of hydrogen-bond acceptors (Lipinski definition) is 2. The van der Waals surface area contributed by atoms with E-state index in [-0.39, 0.29) is 11.7 Å². The van der Waals surface area contributed by atoms with Crippen LogP contribution < -0.4 is 5.32 Å². The average molecular weight is 415 g/mol. The van der Waals surface area contributed by atoms with E-state index in [1.165, 1.54) is 6.07 Å². The molecule has 0 aliphatic rings. The number of nitrogens with one attached hydrogen (secondary N) is 1. The molecule has 0 atom stereocenters. The van der Waals surface area contributed by atoms with E-state index in [9.17, 15) is 9.18 Å². The number of rotatable bonds is 6. The van der Waals surface area contributed by atoms with Crippen molar-refractivity contribution in [2.75, 3.05) is 12.3 Å². The van der Waals surface area contributed by atoms with Crippen molar-refractivity contribution >= 4 is 40.3 Å². The Kier molecular flexibility index (Phi) is 6.50. The Balaban J connectivity index is 1.69. The summed E-state index contributed by atoms with van der Waals surface area (Å²) in [6.07, 6.45) is 0. The summed E-state index contributed by atoms with van der Waals surface area (Å²) in [5.41, 5.74) is 1.36. The molecule has 0 aliphatic heterocycles. The molecule has 21 heavy (non-hydrogen) atoms. The summed E-state index contributed by atoms with van der Waals surface area (Å²) in [6, 6.07) is 14.2. The third-order valence-electron chi connectivity index (χ3n) is 2.85. The zero-order valence-electron chi connectivity index (χ0n) is 11.3. The highest BCUT2D eigenvalue weighted by Crippen LogP contribution is 2.14. The average Bonchev–Trinajstić information content (AvgIpc) is 2.49. The molecule has 2 nitrogen and oxygen atoms in total. The summed E-state index contributed by atoms with van der Waals surface area (Å²) in [6.45, 7) is 0.573. The molecule has 0 fully saturated rings. The molecule has 0 radical (unpaired) electrons. The van der Waals surface area contributed by atoms with Gasteiger partial charge < -0.3 is 5.32 Å². The van der Waals surface area contributed by atoms with Crippen molar-refractivity contribution < 1.29 is 9.18 Å². The molecule has 0 saturated heterocycles. The first kappa shape index (κ1) is 16.3. The summed E-state index contributed by atoms with van der Waals surface area (Å²) in [7, 11) is 0. The van der Waals surface area contributed by atoms with Crippen LogP contribution in [0.5, 0.6) is 0 Å². The quantitative estimate of drug-likeness (QED) is 0.569. The third-order valence-corrected chi connectivity index (χ3v) is 4.58. The van der Waals surface area contributed by atoms with E-state index in [1.54, 1.807) is 23.9 Å².